The van der Waals surface area contributed by atoms with E-state index in [2.05, 4.69) is 18.0 Å². The normalized spacial score (nSPS) is 12.9. The van der Waals surface area contributed by atoms with Crippen molar-refractivity contribution in [3.63, 3.8) is 0 Å². The molecule has 10 heavy (non-hydrogen) atoms. The number of nitrogens with zero attached hydrogens (tertiary/aromatic N) is 1. The van der Waals surface area contributed by atoms with Gasteiger partial charge in [0.05, 0.1) is 0 Å². The van der Waals surface area contributed by atoms with Gasteiger partial charge in [0.25, 0.3) is 0 Å². The Hall–Kier alpha value is -0.590. The lowest BCUT2D eigenvalue weighted by Gasteiger charge is -1.96. The van der Waals surface area contributed by atoms with Crippen LogP contribution in [0.2, 0.25) is 0 Å². The molecule has 0 aromatic carbocycles. The van der Waals surface area contributed by atoms with Crippen molar-refractivity contribution in [1.82, 2.24) is 0 Å². The maximum atomic E-state index is 4.22. The van der Waals surface area contributed by atoms with Crippen LogP contribution in [0.3, 0.4) is 0 Å². The molecule has 0 fully saturated rings. The molecule has 0 saturated heterocycles. The molecule has 0 heterocycles. The van der Waals surface area contributed by atoms with Crippen molar-refractivity contribution in [3.8, 4) is 0 Å². The Balaban J connectivity index is 3.62. The number of unbranched alkanes of at least 4 members (excludes halogenated alkanes) is 1. The van der Waals surface area contributed by atoms with Crippen molar-refractivity contribution >= 4 is 6.21 Å². The summed E-state index contributed by atoms with van der Waals surface area (Å²) < 4.78 is 0. The van der Waals surface area contributed by atoms with Gasteiger partial charge >= 0.3 is 0 Å². The monoisotopic (exact) mass is 139 g/mol. The second kappa shape index (κ2) is 6.53. The standard InChI is InChI=1S/C9H17N/c1-4-7-8-9(5-2)10-6-3/h5-6H,4,7-8H2,1-3H3/b9-5-,10-6?. The SMILES string of the molecule is CC=N/C(=C\C)CCCC. The lowest BCUT2D eigenvalue weighted by molar-refractivity contribution is 0.781. The summed E-state index contributed by atoms with van der Waals surface area (Å²) >= 11 is 0. The van der Waals surface area contributed by atoms with E-state index < -0.39 is 0 Å². The molecule has 0 aliphatic carbocycles. The van der Waals surface area contributed by atoms with Crippen LogP contribution in [0.4, 0.5) is 0 Å². The van der Waals surface area contributed by atoms with Gasteiger partial charge in [0.2, 0.25) is 0 Å². The van der Waals surface area contributed by atoms with Crippen LogP contribution in [-0.2, 0) is 0 Å². The fourth-order valence-electron chi connectivity index (χ4n) is 0.807. The summed E-state index contributed by atoms with van der Waals surface area (Å²) in [6, 6.07) is 0. The Morgan fingerprint density at radius 1 is 1.40 bits per heavy atom. The van der Waals surface area contributed by atoms with Crippen molar-refractivity contribution < 1.29 is 0 Å². The molecule has 0 aliphatic rings. The zero-order chi connectivity index (χ0) is 7.82. The molecular formula is C9H17N. The molecule has 1 nitrogen and oxygen atoms in total. The fourth-order valence-corrected chi connectivity index (χ4v) is 0.807. The topological polar surface area (TPSA) is 12.4 Å². The van der Waals surface area contributed by atoms with Gasteiger partial charge in [-0.05, 0) is 26.7 Å². The molecule has 0 rings (SSSR count). The first kappa shape index (κ1) is 9.41. The van der Waals surface area contributed by atoms with E-state index in [1.54, 1.807) is 0 Å². The second-order valence-electron chi connectivity index (χ2n) is 2.27. The van der Waals surface area contributed by atoms with E-state index in [9.17, 15) is 0 Å². The minimum absolute atomic E-state index is 1.12. The lowest BCUT2D eigenvalue weighted by atomic mass is 10.2. The minimum Gasteiger partial charge on any atom is -0.266 e. The summed E-state index contributed by atoms with van der Waals surface area (Å²) in [7, 11) is 0. The van der Waals surface area contributed by atoms with Crippen molar-refractivity contribution in [2.24, 2.45) is 4.99 Å². The van der Waals surface area contributed by atoms with Crippen LogP contribution in [0.5, 0.6) is 0 Å². The Bertz CT molecular complexity index is 123. The third-order valence-corrected chi connectivity index (χ3v) is 1.41. The molecule has 0 unspecified atom stereocenters. The fraction of sp³-hybridized carbons (Fsp3) is 0.667. The molecular weight excluding hydrogens is 122 g/mol. The molecule has 0 spiro atoms. The highest BCUT2D eigenvalue weighted by molar-refractivity contribution is 5.55. The average molecular weight is 139 g/mol. The molecule has 0 aliphatic heterocycles. The minimum atomic E-state index is 1.12. The van der Waals surface area contributed by atoms with Gasteiger partial charge in [-0.2, -0.15) is 0 Å². The molecule has 0 bridgehead atoms. The first-order valence-electron chi connectivity index (χ1n) is 3.99. The van der Waals surface area contributed by atoms with Crippen molar-refractivity contribution in [2.75, 3.05) is 0 Å². The largest absolute Gasteiger partial charge is 0.266 e. The molecule has 0 amide bonds. The summed E-state index contributed by atoms with van der Waals surface area (Å²) in [4.78, 5) is 4.22. The molecule has 0 aromatic rings. The quantitative estimate of drug-likeness (QED) is 0.530. The van der Waals surface area contributed by atoms with Crippen LogP contribution in [-0.4, -0.2) is 6.21 Å². The third-order valence-electron chi connectivity index (χ3n) is 1.41. The molecule has 1 heteroatoms. The Kier molecular flexibility index (Phi) is 6.14. The van der Waals surface area contributed by atoms with Gasteiger partial charge < -0.3 is 0 Å². The number of rotatable bonds is 4. The highest BCUT2D eigenvalue weighted by atomic mass is 14.7. The van der Waals surface area contributed by atoms with Gasteiger partial charge in [0, 0.05) is 11.9 Å². The first-order chi connectivity index (χ1) is 4.85. The van der Waals surface area contributed by atoms with E-state index in [4.69, 9.17) is 0 Å². The second-order valence-corrected chi connectivity index (χ2v) is 2.27. The van der Waals surface area contributed by atoms with E-state index in [0.29, 0.717) is 0 Å². The maximum absolute atomic E-state index is 4.22. The number of hydrogen-bond acceptors (Lipinski definition) is 1. The summed E-state index contributed by atoms with van der Waals surface area (Å²) in [6.45, 7) is 6.19. The zero-order valence-corrected chi connectivity index (χ0v) is 7.22. The number of aliphatic imine (C=N–C) groups is 1. The number of hydrogen-bond donors (Lipinski definition) is 0. The van der Waals surface area contributed by atoms with Crippen LogP contribution in [0.25, 0.3) is 0 Å². The van der Waals surface area contributed by atoms with E-state index in [-0.39, 0.29) is 0 Å². The third kappa shape index (κ3) is 4.30. The summed E-state index contributed by atoms with van der Waals surface area (Å²) in [5.41, 5.74) is 1.21. The predicted molar refractivity (Wildman–Crippen MR) is 47.4 cm³/mol. The van der Waals surface area contributed by atoms with Crippen LogP contribution in [0.1, 0.15) is 40.0 Å². The summed E-state index contributed by atoms with van der Waals surface area (Å²) in [5.74, 6) is 0. The molecule has 58 valence electrons. The van der Waals surface area contributed by atoms with Gasteiger partial charge in [-0.1, -0.05) is 19.4 Å². The van der Waals surface area contributed by atoms with E-state index in [1.165, 1.54) is 18.5 Å². The Labute approximate surface area is 63.9 Å². The number of allylic oxidation sites excluding steroid dienone is 2. The van der Waals surface area contributed by atoms with E-state index >= 15 is 0 Å². The van der Waals surface area contributed by atoms with Crippen LogP contribution in [0.15, 0.2) is 16.8 Å². The maximum Gasteiger partial charge on any atom is 0.0356 e. The molecule has 0 aromatic heterocycles. The molecule has 0 atom stereocenters. The van der Waals surface area contributed by atoms with Crippen molar-refractivity contribution in [3.05, 3.63) is 11.8 Å². The molecule has 0 saturated carbocycles. The van der Waals surface area contributed by atoms with Gasteiger partial charge in [-0.3, -0.25) is 4.99 Å². The lowest BCUT2D eigenvalue weighted by Crippen LogP contribution is -1.78. The summed E-state index contributed by atoms with van der Waals surface area (Å²) in [6.07, 6.45) is 7.55. The average Bonchev–Trinajstić information content (AvgIpc) is 1.98. The highest BCUT2D eigenvalue weighted by Gasteiger charge is 1.88. The Morgan fingerprint density at radius 2 is 2.10 bits per heavy atom. The van der Waals surface area contributed by atoms with Gasteiger partial charge in [-0.15, -0.1) is 0 Å². The van der Waals surface area contributed by atoms with E-state index in [1.807, 2.05) is 20.1 Å². The zero-order valence-electron chi connectivity index (χ0n) is 7.22. The summed E-state index contributed by atoms with van der Waals surface area (Å²) in [5, 5.41) is 0. The van der Waals surface area contributed by atoms with Crippen molar-refractivity contribution in [2.45, 2.75) is 40.0 Å². The van der Waals surface area contributed by atoms with Crippen molar-refractivity contribution in [1.29, 1.82) is 0 Å². The molecule has 0 N–H and O–H groups in total. The van der Waals surface area contributed by atoms with Crippen LogP contribution < -0.4 is 0 Å². The van der Waals surface area contributed by atoms with Crippen LogP contribution >= 0.6 is 0 Å². The van der Waals surface area contributed by atoms with Gasteiger partial charge in [0.1, 0.15) is 0 Å². The predicted octanol–water partition coefficient (Wildman–Crippen LogP) is 3.17. The smallest absolute Gasteiger partial charge is 0.0356 e. The first-order valence-corrected chi connectivity index (χ1v) is 3.99. The molecule has 0 radical (unpaired) electrons. The van der Waals surface area contributed by atoms with Gasteiger partial charge in [0.15, 0.2) is 0 Å². The highest BCUT2D eigenvalue weighted by Crippen LogP contribution is 2.07. The van der Waals surface area contributed by atoms with Gasteiger partial charge in [-0.25, -0.2) is 0 Å². The van der Waals surface area contributed by atoms with E-state index in [0.717, 1.165) is 6.42 Å². The van der Waals surface area contributed by atoms with Crippen LogP contribution in [0, 0.1) is 0 Å². The Morgan fingerprint density at radius 3 is 2.50 bits per heavy atom.